The van der Waals surface area contributed by atoms with Gasteiger partial charge in [-0.15, -0.1) is 10.2 Å². The number of rotatable bonds is 7. The molecule has 1 atom stereocenters. The summed E-state index contributed by atoms with van der Waals surface area (Å²) in [6, 6.07) is 12.4. The molecule has 1 heterocycles. The van der Waals surface area contributed by atoms with Crippen LogP contribution in [-0.2, 0) is 11.8 Å². The third kappa shape index (κ3) is 5.65. The number of hydrogen-bond acceptors (Lipinski definition) is 5. The third-order valence-corrected chi connectivity index (χ3v) is 6.04. The Morgan fingerprint density at radius 3 is 2.58 bits per heavy atom. The molecule has 0 fully saturated rings. The summed E-state index contributed by atoms with van der Waals surface area (Å²) in [4.78, 5) is 24.9. The molecule has 0 radical (unpaired) electrons. The van der Waals surface area contributed by atoms with E-state index < -0.39 is 0 Å². The molecule has 0 saturated heterocycles. The second kappa shape index (κ2) is 9.98. The quantitative estimate of drug-likeness (QED) is 0.516. The number of nitrogens with zero attached hydrogens (tertiary/aromatic N) is 3. The van der Waals surface area contributed by atoms with Crippen LogP contribution in [0.5, 0.6) is 0 Å². The normalized spacial score (nSPS) is 11.8. The lowest BCUT2D eigenvalue weighted by Gasteiger charge is -2.14. The topological polar surface area (TPSA) is 88.9 Å². The summed E-state index contributed by atoms with van der Waals surface area (Å²) in [5, 5.41) is 15.4. The summed E-state index contributed by atoms with van der Waals surface area (Å²) in [5.74, 6) is 0.470. The number of nitrogens with one attached hydrogen (secondary N) is 2. The molecule has 0 unspecified atom stereocenters. The van der Waals surface area contributed by atoms with Crippen molar-refractivity contribution in [2.24, 2.45) is 7.05 Å². The summed E-state index contributed by atoms with van der Waals surface area (Å²) in [5.41, 5.74) is 3.15. The van der Waals surface area contributed by atoms with Crippen molar-refractivity contribution in [3.63, 3.8) is 0 Å². The van der Waals surface area contributed by atoms with Gasteiger partial charge in [0.25, 0.3) is 5.91 Å². The largest absolute Gasteiger partial charge is 0.342 e. The van der Waals surface area contributed by atoms with Gasteiger partial charge >= 0.3 is 0 Å². The van der Waals surface area contributed by atoms with E-state index in [2.05, 4.69) is 20.8 Å². The number of carbonyl (C=O) groups is 2. The first-order valence-corrected chi connectivity index (χ1v) is 11.1. The molecular formula is C22H24ClN5O2S. The van der Waals surface area contributed by atoms with Crippen molar-refractivity contribution in [2.75, 3.05) is 11.1 Å². The van der Waals surface area contributed by atoms with E-state index in [-0.39, 0.29) is 23.6 Å². The van der Waals surface area contributed by atoms with Crippen LogP contribution < -0.4 is 10.6 Å². The van der Waals surface area contributed by atoms with Crippen LogP contribution >= 0.6 is 23.4 Å². The van der Waals surface area contributed by atoms with Crippen LogP contribution in [0.2, 0.25) is 5.02 Å². The van der Waals surface area contributed by atoms with E-state index in [0.29, 0.717) is 21.6 Å². The van der Waals surface area contributed by atoms with Gasteiger partial charge in [0, 0.05) is 23.3 Å². The molecule has 31 heavy (non-hydrogen) atoms. The number of hydrogen-bond donors (Lipinski definition) is 2. The average molecular weight is 458 g/mol. The van der Waals surface area contributed by atoms with E-state index in [1.54, 1.807) is 28.8 Å². The SMILES string of the molecule is Cc1cc(Cl)ccc1NC(=O)CSc1nnc([C@H](C)NC(=O)c2ccccc2C)n1C. The Morgan fingerprint density at radius 2 is 1.87 bits per heavy atom. The summed E-state index contributed by atoms with van der Waals surface area (Å²) in [6.45, 7) is 5.63. The second-order valence-corrected chi connectivity index (χ2v) is 8.58. The lowest BCUT2D eigenvalue weighted by atomic mass is 10.1. The Labute approximate surface area is 190 Å². The fourth-order valence-electron chi connectivity index (χ4n) is 3.08. The highest BCUT2D eigenvalue weighted by Gasteiger charge is 2.19. The summed E-state index contributed by atoms with van der Waals surface area (Å²) in [6.07, 6.45) is 0. The fraction of sp³-hybridized carbons (Fsp3) is 0.273. The van der Waals surface area contributed by atoms with Gasteiger partial charge in [0.2, 0.25) is 5.91 Å². The predicted molar refractivity (Wildman–Crippen MR) is 124 cm³/mol. The summed E-state index contributed by atoms with van der Waals surface area (Å²) >= 11 is 7.23. The molecule has 2 aromatic carbocycles. The van der Waals surface area contributed by atoms with E-state index in [9.17, 15) is 9.59 Å². The predicted octanol–water partition coefficient (Wildman–Crippen LogP) is 4.31. The monoisotopic (exact) mass is 457 g/mol. The molecule has 3 rings (SSSR count). The van der Waals surface area contributed by atoms with Gasteiger partial charge in [-0.25, -0.2) is 0 Å². The number of benzene rings is 2. The molecule has 2 amide bonds. The van der Waals surface area contributed by atoms with Crippen LogP contribution in [-0.4, -0.2) is 32.3 Å². The number of aromatic nitrogens is 3. The minimum atomic E-state index is -0.343. The zero-order valence-corrected chi connectivity index (χ0v) is 19.3. The molecule has 0 bridgehead atoms. The number of thioether (sulfide) groups is 1. The van der Waals surface area contributed by atoms with Gasteiger partial charge in [-0.05, 0) is 56.2 Å². The van der Waals surface area contributed by atoms with Crippen molar-refractivity contribution in [2.45, 2.75) is 32.0 Å². The number of aryl methyl sites for hydroxylation is 2. The molecule has 9 heteroatoms. The zero-order valence-electron chi connectivity index (χ0n) is 17.8. The van der Waals surface area contributed by atoms with Gasteiger partial charge in [-0.2, -0.15) is 0 Å². The lowest BCUT2D eigenvalue weighted by Crippen LogP contribution is -2.29. The first kappa shape index (κ1) is 22.8. The van der Waals surface area contributed by atoms with E-state index >= 15 is 0 Å². The third-order valence-electron chi connectivity index (χ3n) is 4.79. The molecular weight excluding hydrogens is 434 g/mol. The fourth-order valence-corrected chi connectivity index (χ4v) is 4.02. The highest BCUT2D eigenvalue weighted by molar-refractivity contribution is 7.99. The maximum atomic E-state index is 12.6. The molecule has 0 aliphatic carbocycles. The van der Waals surface area contributed by atoms with Crippen LogP contribution in [0.15, 0.2) is 47.6 Å². The Balaban J connectivity index is 1.59. The number of carbonyl (C=O) groups excluding carboxylic acids is 2. The first-order chi connectivity index (χ1) is 14.8. The zero-order chi connectivity index (χ0) is 22.5. The second-order valence-electron chi connectivity index (χ2n) is 7.21. The maximum Gasteiger partial charge on any atom is 0.252 e. The van der Waals surface area contributed by atoms with Crippen molar-refractivity contribution in [3.05, 3.63) is 70.0 Å². The minimum Gasteiger partial charge on any atom is -0.342 e. The highest BCUT2D eigenvalue weighted by atomic mass is 35.5. The van der Waals surface area contributed by atoms with Crippen LogP contribution in [0.25, 0.3) is 0 Å². The van der Waals surface area contributed by atoms with E-state index in [1.807, 2.05) is 46.0 Å². The van der Waals surface area contributed by atoms with Gasteiger partial charge in [-0.1, -0.05) is 41.6 Å². The minimum absolute atomic E-state index is 0.152. The Morgan fingerprint density at radius 1 is 1.13 bits per heavy atom. The van der Waals surface area contributed by atoms with Gasteiger partial charge in [0.15, 0.2) is 11.0 Å². The summed E-state index contributed by atoms with van der Waals surface area (Å²) < 4.78 is 1.79. The van der Waals surface area contributed by atoms with Crippen molar-refractivity contribution in [3.8, 4) is 0 Å². The van der Waals surface area contributed by atoms with E-state index in [4.69, 9.17) is 11.6 Å². The lowest BCUT2D eigenvalue weighted by molar-refractivity contribution is -0.113. The van der Waals surface area contributed by atoms with Gasteiger partial charge in [-0.3, -0.25) is 9.59 Å². The molecule has 0 saturated carbocycles. The van der Waals surface area contributed by atoms with Crippen molar-refractivity contribution < 1.29 is 9.59 Å². The number of anilines is 1. The van der Waals surface area contributed by atoms with Crippen molar-refractivity contribution in [1.29, 1.82) is 0 Å². The molecule has 1 aromatic heterocycles. The molecule has 2 N–H and O–H groups in total. The Hall–Kier alpha value is -2.84. The smallest absolute Gasteiger partial charge is 0.252 e. The van der Waals surface area contributed by atoms with Gasteiger partial charge in [0.05, 0.1) is 11.8 Å². The van der Waals surface area contributed by atoms with Gasteiger partial charge < -0.3 is 15.2 Å². The van der Waals surface area contributed by atoms with Gasteiger partial charge in [0.1, 0.15) is 0 Å². The van der Waals surface area contributed by atoms with Crippen molar-refractivity contribution >= 4 is 40.9 Å². The van der Waals surface area contributed by atoms with Crippen LogP contribution in [0.4, 0.5) is 5.69 Å². The molecule has 0 aliphatic rings. The number of amides is 2. The van der Waals surface area contributed by atoms with Crippen molar-refractivity contribution in [1.82, 2.24) is 20.1 Å². The number of halogens is 1. The first-order valence-electron chi connectivity index (χ1n) is 9.71. The van der Waals surface area contributed by atoms with Crippen LogP contribution in [0.3, 0.4) is 0 Å². The van der Waals surface area contributed by atoms with E-state index in [1.165, 1.54) is 11.8 Å². The maximum absolute atomic E-state index is 12.6. The average Bonchev–Trinajstić information content (AvgIpc) is 3.09. The molecule has 3 aromatic rings. The van der Waals surface area contributed by atoms with Crippen LogP contribution in [0, 0.1) is 13.8 Å². The highest BCUT2D eigenvalue weighted by Crippen LogP contribution is 2.22. The Bertz CT molecular complexity index is 1120. The molecule has 162 valence electrons. The molecule has 0 aliphatic heterocycles. The van der Waals surface area contributed by atoms with E-state index in [0.717, 1.165) is 16.8 Å². The molecule has 0 spiro atoms. The Kier molecular flexibility index (Phi) is 7.35. The summed E-state index contributed by atoms with van der Waals surface area (Å²) in [7, 11) is 1.81. The molecule has 7 nitrogen and oxygen atoms in total. The van der Waals surface area contributed by atoms with Crippen LogP contribution in [0.1, 0.15) is 40.3 Å². The standard InChI is InChI=1S/C22H24ClN5O2S/c1-13-7-5-6-8-17(13)21(30)24-15(3)20-26-27-22(28(20)4)31-12-19(29)25-18-10-9-16(23)11-14(18)2/h5-11,15H,12H2,1-4H3,(H,24,30)(H,25,29)/t15-/m0/s1.